The fourth-order valence-electron chi connectivity index (χ4n) is 4.92. The molecular weight excluding hydrogens is 388 g/mol. The molecule has 6 nitrogen and oxygen atoms in total. The van der Waals surface area contributed by atoms with Crippen LogP contribution in [0.2, 0.25) is 0 Å². The van der Waals surface area contributed by atoms with Gasteiger partial charge in [0.1, 0.15) is 5.75 Å². The summed E-state index contributed by atoms with van der Waals surface area (Å²) in [4.78, 5) is 2.66. The van der Waals surface area contributed by atoms with Crippen LogP contribution in [-0.2, 0) is 14.8 Å². The van der Waals surface area contributed by atoms with E-state index in [1.165, 1.54) is 16.8 Å². The molecule has 0 aromatic heterocycles. The number of anilines is 1. The van der Waals surface area contributed by atoms with E-state index >= 15 is 0 Å². The lowest BCUT2D eigenvalue weighted by Crippen LogP contribution is -2.38. The normalized spacial score (nSPS) is 24.4. The summed E-state index contributed by atoms with van der Waals surface area (Å²) in [7, 11) is -1.98. The first-order valence-corrected chi connectivity index (χ1v) is 11.6. The van der Waals surface area contributed by atoms with Gasteiger partial charge < -0.3 is 14.4 Å². The number of hydrogen-bond donors (Lipinski definition) is 0. The van der Waals surface area contributed by atoms with Crippen molar-refractivity contribution in [2.24, 2.45) is 0 Å². The number of morpholine rings is 1. The SMILES string of the molecule is COc1ccc(S(=O)(=O)N2CCC3C[C@@H]2c2cc(N4CCOCC4)ccc23)cc1. The van der Waals surface area contributed by atoms with Crippen LogP contribution >= 0.6 is 0 Å². The first-order valence-electron chi connectivity index (χ1n) is 10.2. The van der Waals surface area contributed by atoms with Crippen LogP contribution in [-0.4, -0.2) is 52.7 Å². The Balaban J connectivity index is 1.48. The second-order valence-electron chi connectivity index (χ2n) is 7.94. The highest BCUT2D eigenvalue weighted by Crippen LogP contribution is 2.51. The van der Waals surface area contributed by atoms with Gasteiger partial charge in [0.15, 0.2) is 0 Å². The third-order valence-corrected chi connectivity index (χ3v) is 8.39. The molecule has 154 valence electrons. The number of ether oxygens (including phenoxy) is 2. The minimum absolute atomic E-state index is 0.0863. The molecule has 3 aliphatic rings. The van der Waals surface area contributed by atoms with E-state index in [1.807, 2.05) is 0 Å². The Morgan fingerprint density at radius 3 is 2.48 bits per heavy atom. The maximum absolute atomic E-state index is 13.4. The smallest absolute Gasteiger partial charge is 0.243 e. The lowest BCUT2D eigenvalue weighted by Gasteiger charge is -2.33. The molecule has 29 heavy (non-hydrogen) atoms. The van der Waals surface area contributed by atoms with Gasteiger partial charge in [-0.3, -0.25) is 0 Å². The van der Waals surface area contributed by atoms with Crippen LogP contribution in [0.5, 0.6) is 5.75 Å². The van der Waals surface area contributed by atoms with Crippen molar-refractivity contribution in [2.45, 2.75) is 29.7 Å². The molecule has 2 saturated heterocycles. The Kier molecular flexibility index (Phi) is 4.76. The lowest BCUT2D eigenvalue weighted by molar-refractivity contribution is 0.122. The summed E-state index contributed by atoms with van der Waals surface area (Å²) in [6.45, 7) is 3.79. The van der Waals surface area contributed by atoms with Gasteiger partial charge in [-0.25, -0.2) is 8.42 Å². The summed E-state index contributed by atoms with van der Waals surface area (Å²) < 4.78 is 39.2. The summed E-state index contributed by atoms with van der Waals surface area (Å²) in [5, 5.41) is 0. The first kappa shape index (κ1) is 18.9. The molecule has 0 radical (unpaired) electrons. The van der Waals surface area contributed by atoms with Crippen LogP contribution in [0.15, 0.2) is 47.4 Å². The van der Waals surface area contributed by atoms with Crippen molar-refractivity contribution in [2.75, 3.05) is 44.9 Å². The number of rotatable bonds is 4. The van der Waals surface area contributed by atoms with E-state index in [2.05, 4.69) is 23.1 Å². The van der Waals surface area contributed by atoms with Crippen molar-refractivity contribution in [1.82, 2.24) is 4.31 Å². The number of sulfonamides is 1. The van der Waals surface area contributed by atoms with Crippen LogP contribution in [0.25, 0.3) is 0 Å². The monoisotopic (exact) mass is 414 g/mol. The minimum Gasteiger partial charge on any atom is -0.497 e. The molecule has 2 heterocycles. The van der Waals surface area contributed by atoms with E-state index in [-0.39, 0.29) is 6.04 Å². The van der Waals surface area contributed by atoms with Crippen molar-refractivity contribution in [1.29, 1.82) is 0 Å². The molecule has 2 aromatic carbocycles. The molecule has 2 bridgehead atoms. The second-order valence-corrected chi connectivity index (χ2v) is 9.83. The third kappa shape index (κ3) is 3.21. The van der Waals surface area contributed by atoms with Gasteiger partial charge in [-0.15, -0.1) is 0 Å². The standard InChI is InChI=1S/C22H26N2O4S/c1-27-18-3-5-19(6-4-18)29(25,26)24-9-8-16-14-22(24)21-15-17(2-7-20(16)21)23-10-12-28-13-11-23/h2-7,15-16,22H,8-14H2,1H3/t16?,22-/m1/s1. The number of nitrogens with zero attached hydrogens (tertiary/aromatic N) is 2. The predicted octanol–water partition coefficient (Wildman–Crippen LogP) is 3.15. The van der Waals surface area contributed by atoms with Gasteiger partial charge >= 0.3 is 0 Å². The maximum Gasteiger partial charge on any atom is 0.243 e. The molecular formula is C22H26N2O4S. The van der Waals surface area contributed by atoms with Crippen molar-refractivity contribution < 1.29 is 17.9 Å². The minimum atomic E-state index is -3.56. The summed E-state index contributed by atoms with van der Waals surface area (Å²) >= 11 is 0. The molecule has 2 aromatic rings. The Bertz CT molecular complexity index is 1000. The molecule has 1 unspecified atom stereocenters. The van der Waals surface area contributed by atoms with E-state index in [1.54, 1.807) is 35.7 Å². The third-order valence-electron chi connectivity index (χ3n) is 6.46. The molecule has 7 heteroatoms. The Morgan fingerprint density at radius 2 is 1.76 bits per heavy atom. The fraction of sp³-hybridized carbons (Fsp3) is 0.455. The van der Waals surface area contributed by atoms with Gasteiger partial charge in [-0.1, -0.05) is 6.07 Å². The van der Waals surface area contributed by atoms with E-state index < -0.39 is 10.0 Å². The molecule has 0 spiro atoms. The van der Waals surface area contributed by atoms with Crippen molar-refractivity contribution in [3.8, 4) is 5.75 Å². The zero-order chi connectivity index (χ0) is 20.0. The maximum atomic E-state index is 13.4. The van der Waals surface area contributed by atoms with Gasteiger partial charge in [-0.05, 0) is 66.3 Å². The predicted molar refractivity (Wildman–Crippen MR) is 111 cm³/mol. The van der Waals surface area contributed by atoms with Crippen LogP contribution in [0.4, 0.5) is 5.69 Å². The van der Waals surface area contributed by atoms with Crippen LogP contribution in [0.1, 0.15) is 35.9 Å². The highest BCUT2D eigenvalue weighted by atomic mass is 32.2. The molecule has 2 atom stereocenters. The lowest BCUT2D eigenvalue weighted by atomic mass is 9.96. The quantitative estimate of drug-likeness (QED) is 0.769. The highest BCUT2D eigenvalue weighted by Gasteiger charge is 2.44. The molecule has 1 aliphatic carbocycles. The van der Waals surface area contributed by atoms with Crippen molar-refractivity contribution in [3.63, 3.8) is 0 Å². The molecule has 0 saturated carbocycles. The summed E-state index contributed by atoms with van der Waals surface area (Å²) in [6, 6.07) is 13.2. The average molecular weight is 415 g/mol. The summed E-state index contributed by atoms with van der Waals surface area (Å²) in [6.07, 6.45) is 1.74. The van der Waals surface area contributed by atoms with Gasteiger partial charge in [0.2, 0.25) is 10.0 Å². The molecule has 2 aliphatic heterocycles. The summed E-state index contributed by atoms with van der Waals surface area (Å²) in [5.74, 6) is 1.11. The fourth-order valence-corrected chi connectivity index (χ4v) is 6.55. The molecule has 0 N–H and O–H groups in total. The number of methoxy groups -OCH3 is 1. The van der Waals surface area contributed by atoms with Crippen LogP contribution < -0.4 is 9.64 Å². The van der Waals surface area contributed by atoms with Gasteiger partial charge in [-0.2, -0.15) is 4.31 Å². The van der Waals surface area contributed by atoms with Crippen molar-refractivity contribution in [3.05, 3.63) is 53.6 Å². The number of piperidine rings is 1. The molecule has 2 fully saturated rings. The van der Waals surface area contributed by atoms with Gasteiger partial charge in [0.25, 0.3) is 0 Å². The zero-order valence-electron chi connectivity index (χ0n) is 16.6. The van der Waals surface area contributed by atoms with Crippen LogP contribution in [0, 0.1) is 0 Å². The van der Waals surface area contributed by atoms with Crippen molar-refractivity contribution >= 4 is 15.7 Å². The highest BCUT2D eigenvalue weighted by molar-refractivity contribution is 7.89. The van der Waals surface area contributed by atoms with E-state index in [0.29, 0.717) is 23.1 Å². The van der Waals surface area contributed by atoms with E-state index in [0.717, 1.165) is 39.1 Å². The molecule has 0 amide bonds. The van der Waals surface area contributed by atoms with Gasteiger partial charge in [0, 0.05) is 25.3 Å². The van der Waals surface area contributed by atoms with E-state index in [9.17, 15) is 8.42 Å². The van der Waals surface area contributed by atoms with E-state index in [4.69, 9.17) is 9.47 Å². The topological polar surface area (TPSA) is 59.1 Å². The zero-order valence-corrected chi connectivity index (χ0v) is 17.4. The number of benzene rings is 2. The van der Waals surface area contributed by atoms with Crippen LogP contribution in [0.3, 0.4) is 0 Å². The Hall–Kier alpha value is -2.09. The van der Waals surface area contributed by atoms with Gasteiger partial charge in [0.05, 0.1) is 31.3 Å². The Labute approximate surface area is 172 Å². The number of fused-ring (bicyclic) bond motifs is 5. The average Bonchev–Trinajstić information content (AvgIpc) is 3.05. The first-order chi connectivity index (χ1) is 14.1. The summed E-state index contributed by atoms with van der Waals surface area (Å²) in [5.41, 5.74) is 3.66. The largest absolute Gasteiger partial charge is 0.497 e. The Morgan fingerprint density at radius 1 is 1.00 bits per heavy atom. The molecule has 5 rings (SSSR count). The second kappa shape index (κ2) is 7.31. The number of hydrogen-bond acceptors (Lipinski definition) is 5.